The van der Waals surface area contributed by atoms with Crippen molar-refractivity contribution in [2.75, 3.05) is 19.8 Å². The summed E-state index contributed by atoms with van der Waals surface area (Å²) < 4.78 is 15.2. The standard InChI is InChI=1S/C18H24O7/c1-4-23-15(20)14-12-7-8-18(16(21)24-5-2,17(22)25-6-3)10-11(12)9-13(14)19/h9,12,14H,4-8,10H2,1-3H3/t12-,14+/m0/s1. The topological polar surface area (TPSA) is 96.0 Å². The first kappa shape index (κ1) is 19.1. The summed E-state index contributed by atoms with van der Waals surface area (Å²) in [5.74, 6) is -3.37. The summed E-state index contributed by atoms with van der Waals surface area (Å²) in [5, 5.41) is 0. The fourth-order valence-electron chi connectivity index (χ4n) is 3.65. The van der Waals surface area contributed by atoms with Crippen LogP contribution in [0.1, 0.15) is 40.0 Å². The van der Waals surface area contributed by atoms with E-state index in [4.69, 9.17) is 14.2 Å². The highest BCUT2D eigenvalue weighted by atomic mass is 16.6. The molecule has 0 spiro atoms. The Morgan fingerprint density at radius 1 is 1.04 bits per heavy atom. The van der Waals surface area contributed by atoms with Gasteiger partial charge in [-0.15, -0.1) is 0 Å². The maximum absolute atomic E-state index is 12.5. The number of ketones is 1. The van der Waals surface area contributed by atoms with Gasteiger partial charge in [-0.2, -0.15) is 0 Å². The van der Waals surface area contributed by atoms with Gasteiger partial charge in [0.15, 0.2) is 11.2 Å². The molecule has 2 rings (SSSR count). The highest BCUT2D eigenvalue weighted by Gasteiger charge is 2.56. The molecule has 0 bridgehead atoms. The molecule has 1 saturated carbocycles. The van der Waals surface area contributed by atoms with Crippen LogP contribution in [-0.4, -0.2) is 43.5 Å². The van der Waals surface area contributed by atoms with E-state index in [1.165, 1.54) is 6.08 Å². The monoisotopic (exact) mass is 352 g/mol. The smallest absolute Gasteiger partial charge is 0.323 e. The molecular formula is C18H24O7. The molecule has 7 heteroatoms. The highest BCUT2D eigenvalue weighted by molar-refractivity contribution is 6.09. The minimum Gasteiger partial charge on any atom is -0.465 e. The lowest BCUT2D eigenvalue weighted by molar-refractivity contribution is -0.174. The zero-order valence-electron chi connectivity index (χ0n) is 14.8. The van der Waals surface area contributed by atoms with Gasteiger partial charge in [0.2, 0.25) is 0 Å². The summed E-state index contributed by atoms with van der Waals surface area (Å²) in [6, 6.07) is 0. The van der Waals surface area contributed by atoms with E-state index in [0.29, 0.717) is 12.0 Å². The number of esters is 3. The maximum atomic E-state index is 12.5. The molecule has 0 aromatic heterocycles. The summed E-state index contributed by atoms with van der Waals surface area (Å²) in [4.78, 5) is 49.3. The van der Waals surface area contributed by atoms with E-state index in [-0.39, 0.29) is 44.4 Å². The fourth-order valence-corrected chi connectivity index (χ4v) is 3.65. The van der Waals surface area contributed by atoms with Crippen LogP contribution >= 0.6 is 0 Å². The average Bonchev–Trinajstić information content (AvgIpc) is 2.89. The number of ether oxygens (including phenoxy) is 3. The second-order valence-corrected chi connectivity index (χ2v) is 6.20. The second-order valence-electron chi connectivity index (χ2n) is 6.20. The van der Waals surface area contributed by atoms with E-state index in [2.05, 4.69) is 0 Å². The lowest BCUT2D eigenvalue weighted by Crippen LogP contribution is -2.46. The molecule has 2 aliphatic carbocycles. The molecule has 25 heavy (non-hydrogen) atoms. The zero-order chi connectivity index (χ0) is 18.6. The summed E-state index contributed by atoms with van der Waals surface area (Å²) in [6.07, 6.45) is 1.93. The van der Waals surface area contributed by atoms with Gasteiger partial charge in [0.1, 0.15) is 5.92 Å². The molecule has 2 atom stereocenters. The fraction of sp³-hybridized carbons (Fsp3) is 0.667. The first-order valence-electron chi connectivity index (χ1n) is 8.66. The number of hydrogen-bond acceptors (Lipinski definition) is 7. The van der Waals surface area contributed by atoms with Crippen LogP contribution < -0.4 is 0 Å². The third-order valence-electron chi connectivity index (χ3n) is 4.77. The van der Waals surface area contributed by atoms with Crippen molar-refractivity contribution in [2.24, 2.45) is 17.3 Å². The van der Waals surface area contributed by atoms with Crippen LogP contribution in [0.5, 0.6) is 0 Å². The Balaban J connectivity index is 2.28. The van der Waals surface area contributed by atoms with E-state index < -0.39 is 29.2 Å². The number of rotatable bonds is 6. The maximum Gasteiger partial charge on any atom is 0.323 e. The quantitative estimate of drug-likeness (QED) is 0.407. The molecule has 0 amide bonds. The van der Waals surface area contributed by atoms with E-state index in [0.717, 1.165) is 0 Å². The van der Waals surface area contributed by atoms with Crippen molar-refractivity contribution in [1.82, 2.24) is 0 Å². The Bertz CT molecular complexity index is 587. The van der Waals surface area contributed by atoms with E-state index in [1.807, 2.05) is 0 Å². The van der Waals surface area contributed by atoms with Crippen molar-refractivity contribution < 1.29 is 33.4 Å². The molecule has 0 aromatic rings. The van der Waals surface area contributed by atoms with Crippen molar-refractivity contribution in [3.8, 4) is 0 Å². The van der Waals surface area contributed by atoms with Crippen molar-refractivity contribution in [1.29, 1.82) is 0 Å². The Labute approximate surface area is 146 Å². The largest absolute Gasteiger partial charge is 0.465 e. The Hall–Kier alpha value is -2.18. The molecule has 1 fully saturated rings. The summed E-state index contributed by atoms with van der Waals surface area (Å²) in [5.41, 5.74) is -0.825. The van der Waals surface area contributed by atoms with Gasteiger partial charge >= 0.3 is 17.9 Å². The second kappa shape index (κ2) is 7.80. The first-order valence-corrected chi connectivity index (χ1v) is 8.66. The van der Waals surface area contributed by atoms with Crippen LogP contribution in [0.2, 0.25) is 0 Å². The van der Waals surface area contributed by atoms with Gasteiger partial charge in [-0.25, -0.2) is 0 Å². The number of carbonyl (C=O) groups excluding carboxylic acids is 4. The van der Waals surface area contributed by atoms with Gasteiger partial charge in [-0.05, 0) is 46.1 Å². The molecule has 2 aliphatic rings. The average molecular weight is 352 g/mol. The van der Waals surface area contributed by atoms with Gasteiger partial charge in [0, 0.05) is 5.92 Å². The number of allylic oxidation sites excluding steroid dienone is 2. The molecular weight excluding hydrogens is 328 g/mol. The van der Waals surface area contributed by atoms with Crippen LogP contribution in [0.3, 0.4) is 0 Å². The van der Waals surface area contributed by atoms with Crippen molar-refractivity contribution >= 4 is 23.7 Å². The molecule has 0 unspecified atom stereocenters. The van der Waals surface area contributed by atoms with E-state index >= 15 is 0 Å². The normalized spacial score (nSPS) is 24.1. The molecule has 0 saturated heterocycles. The molecule has 0 N–H and O–H groups in total. The molecule has 0 aromatic carbocycles. The SMILES string of the molecule is CCOC(=O)[C@H]1C(=O)C=C2CC(C(=O)OCC)(C(=O)OCC)CC[C@@H]21. The van der Waals surface area contributed by atoms with Gasteiger partial charge in [-0.3, -0.25) is 19.2 Å². The molecule has 0 heterocycles. The zero-order valence-corrected chi connectivity index (χ0v) is 14.8. The van der Waals surface area contributed by atoms with Gasteiger partial charge < -0.3 is 14.2 Å². The first-order chi connectivity index (χ1) is 11.9. The van der Waals surface area contributed by atoms with Crippen LogP contribution in [0, 0.1) is 17.3 Å². The third kappa shape index (κ3) is 3.45. The highest BCUT2D eigenvalue weighted by Crippen LogP contribution is 2.49. The Kier molecular flexibility index (Phi) is 5.98. The van der Waals surface area contributed by atoms with Gasteiger partial charge in [0.25, 0.3) is 0 Å². The Morgan fingerprint density at radius 2 is 1.60 bits per heavy atom. The van der Waals surface area contributed by atoms with Crippen LogP contribution in [0.4, 0.5) is 0 Å². The third-order valence-corrected chi connectivity index (χ3v) is 4.77. The number of carbonyl (C=O) groups is 4. The predicted molar refractivity (Wildman–Crippen MR) is 86.3 cm³/mol. The molecule has 7 nitrogen and oxygen atoms in total. The molecule has 0 radical (unpaired) electrons. The Morgan fingerprint density at radius 3 is 2.12 bits per heavy atom. The van der Waals surface area contributed by atoms with E-state index in [1.54, 1.807) is 20.8 Å². The number of hydrogen-bond donors (Lipinski definition) is 0. The van der Waals surface area contributed by atoms with Crippen LogP contribution in [0.25, 0.3) is 0 Å². The number of fused-ring (bicyclic) bond motifs is 1. The van der Waals surface area contributed by atoms with E-state index in [9.17, 15) is 19.2 Å². The summed E-state index contributed by atoms with van der Waals surface area (Å²) in [6.45, 7) is 5.49. The summed E-state index contributed by atoms with van der Waals surface area (Å²) >= 11 is 0. The van der Waals surface area contributed by atoms with Gasteiger partial charge in [0.05, 0.1) is 19.8 Å². The minimum atomic E-state index is -1.45. The van der Waals surface area contributed by atoms with Crippen molar-refractivity contribution in [3.05, 3.63) is 11.6 Å². The lowest BCUT2D eigenvalue weighted by atomic mass is 9.67. The molecule has 138 valence electrons. The van der Waals surface area contributed by atoms with Gasteiger partial charge in [-0.1, -0.05) is 5.57 Å². The lowest BCUT2D eigenvalue weighted by Gasteiger charge is -2.37. The predicted octanol–water partition coefficient (Wildman–Crippen LogP) is 1.59. The van der Waals surface area contributed by atoms with Crippen molar-refractivity contribution in [2.45, 2.75) is 40.0 Å². The minimum absolute atomic E-state index is 0.0387. The van der Waals surface area contributed by atoms with Crippen LogP contribution in [0.15, 0.2) is 11.6 Å². The van der Waals surface area contributed by atoms with Crippen molar-refractivity contribution in [3.63, 3.8) is 0 Å². The van der Waals surface area contributed by atoms with Crippen LogP contribution in [-0.2, 0) is 33.4 Å². The molecule has 0 aliphatic heterocycles. The summed E-state index contributed by atoms with van der Waals surface area (Å²) in [7, 11) is 0.